The highest BCUT2D eigenvalue weighted by Crippen LogP contribution is 2.57. The molecular weight excluding hydrogens is 1010 g/mol. The zero-order valence-electron chi connectivity index (χ0n) is 46.2. The molecule has 2 amide bonds. The van der Waals surface area contributed by atoms with Gasteiger partial charge in [0.2, 0.25) is 0 Å². The Balaban J connectivity index is 0.000000162. The number of ether oxygens (including phenoxy) is 6. The van der Waals surface area contributed by atoms with Crippen molar-refractivity contribution in [2.24, 2.45) is 22.7 Å². The summed E-state index contributed by atoms with van der Waals surface area (Å²) >= 11 is 12.7. The lowest BCUT2D eigenvalue weighted by Gasteiger charge is -2.42. The number of carbonyl (C=O) groups is 2. The second kappa shape index (κ2) is 19.8. The van der Waals surface area contributed by atoms with E-state index < -0.39 is 22.8 Å². The van der Waals surface area contributed by atoms with Crippen molar-refractivity contribution in [1.82, 2.24) is 38.9 Å². The minimum absolute atomic E-state index is 0.0169. The van der Waals surface area contributed by atoms with Crippen molar-refractivity contribution >= 4 is 57.5 Å². The number of hydrogen-bond donors (Lipinski definition) is 0. The van der Waals surface area contributed by atoms with Gasteiger partial charge in [0.1, 0.15) is 57.7 Å². The number of nitrogens with zero attached hydrogens (tertiary/aromatic N) is 8. The number of carbonyl (C=O) groups excluding carboxylic acids is 2. The van der Waals surface area contributed by atoms with Gasteiger partial charge >= 0.3 is 12.2 Å². The molecule has 8 aliphatic rings. The van der Waals surface area contributed by atoms with E-state index in [0.717, 1.165) is 112 Å². The highest BCUT2D eigenvalue weighted by molar-refractivity contribution is 6.34. The lowest BCUT2D eigenvalue weighted by molar-refractivity contribution is -0.160. The predicted molar refractivity (Wildman–Crippen MR) is 290 cm³/mol. The second-order valence-corrected chi connectivity index (χ2v) is 26.6. The molecular formula is C58H78Cl2N8O8. The third-order valence-corrected chi connectivity index (χ3v) is 18.4. The van der Waals surface area contributed by atoms with Crippen LogP contribution >= 0.6 is 23.2 Å². The van der Waals surface area contributed by atoms with Crippen LogP contribution in [0.1, 0.15) is 158 Å². The van der Waals surface area contributed by atoms with E-state index in [1.54, 1.807) is 11.1 Å². The molecule has 412 valence electrons. The summed E-state index contributed by atoms with van der Waals surface area (Å²) in [5.41, 5.74) is 4.16. The smallest absolute Gasteiger partial charge is 0.410 e. The Morgan fingerprint density at radius 3 is 1.68 bits per heavy atom. The van der Waals surface area contributed by atoms with Crippen LogP contribution in [-0.4, -0.2) is 124 Å². The average molecular weight is 1090 g/mol. The zero-order chi connectivity index (χ0) is 53.7. The molecule has 0 bridgehead atoms. The van der Waals surface area contributed by atoms with Crippen molar-refractivity contribution in [3.8, 4) is 0 Å². The molecule has 4 aliphatic carbocycles. The molecule has 16 nitrogen and oxygen atoms in total. The fourth-order valence-corrected chi connectivity index (χ4v) is 14.8. The third-order valence-electron chi connectivity index (χ3n) is 17.8. The number of hydrogen-bond acceptors (Lipinski definition) is 12. The topological polar surface area (TPSA) is 157 Å². The first-order valence-electron chi connectivity index (χ1n) is 27.9. The number of fused-ring (bicyclic) bond motifs is 4. The molecule has 3 saturated carbocycles. The number of halogens is 2. The number of piperidine rings is 2. The van der Waals surface area contributed by atoms with Gasteiger partial charge in [0, 0.05) is 44.5 Å². The van der Waals surface area contributed by atoms with E-state index in [-0.39, 0.29) is 65.4 Å². The van der Waals surface area contributed by atoms with E-state index in [0.29, 0.717) is 16.2 Å². The number of allylic oxidation sites excluding steroid dienone is 3. The van der Waals surface area contributed by atoms with E-state index in [4.69, 9.17) is 51.6 Å². The summed E-state index contributed by atoms with van der Waals surface area (Å²) in [5.74, 6) is -0.670. The van der Waals surface area contributed by atoms with Gasteiger partial charge in [-0.25, -0.2) is 29.5 Å². The Bertz CT molecular complexity index is 2900. The Morgan fingerprint density at radius 2 is 1.14 bits per heavy atom. The molecule has 76 heavy (non-hydrogen) atoms. The van der Waals surface area contributed by atoms with Crippen molar-refractivity contribution in [2.45, 2.75) is 206 Å². The van der Waals surface area contributed by atoms with Gasteiger partial charge in [0.25, 0.3) is 0 Å². The van der Waals surface area contributed by atoms with Gasteiger partial charge in [0.05, 0.1) is 35.1 Å². The first kappa shape index (κ1) is 53.7. The Labute approximate surface area is 457 Å². The minimum atomic E-state index is -0.632. The fourth-order valence-electron chi connectivity index (χ4n) is 14.4. The summed E-state index contributed by atoms with van der Waals surface area (Å²) < 4.78 is 41.7. The molecule has 4 aromatic heterocycles. The maximum Gasteiger partial charge on any atom is 0.410 e. The van der Waals surface area contributed by atoms with Crippen LogP contribution in [-0.2, 0) is 28.4 Å². The Kier molecular flexibility index (Phi) is 14.0. The van der Waals surface area contributed by atoms with Gasteiger partial charge in [0.15, 0.2) is 11.6 Å². The fraction of sp³-hybridized carbons (Fsp3) is 0.690. The SMILES string of the molecule is CC(C)(C)OC(=O)N1CCC2(CCC/C2=C\[C@H]2C[C@@H](n3ccc4c(Cl)ncnc43)[C@@H]3OC(C)(C)O[C@@H]32)CC1.CC(C)(C)OC(=O)N1CCC2(CCC=C2C[C@H]2C[C@@H](n3ccc4c(Cl)ncnc43)[C@@H]3OC(C)(C)O[C@H]23)CC1. The van der Waals surface area contributed by atoms with Crippen LogP contribution in [0.25, 0.3) is 22.1 Å². The van der Waals surface area contributed by atoms with Crippen LogP contribution in [0.4, 0.5) is 9.59 Å². The summed E-state index contributed by atoms with van der Waals surface area (Å²) in [7, 11) is 0. The molecule has 4 aliphatic heterocycles. The zero-order valence-corrected chi connectivity index (χ0v) is 47.7. The van der Waals surface area contributed by atoms with Gasteiger partial charge in [-0.05, 0) is 175 Å². The first-order valence-corrected chi connectivity index (χ1v) is 28.7. The maximum absolute atomic E-state index is 12.7. The summed E-state index contributed by atoms with van der Waals surface area (Å²) in [6, 6.07) is 4.19. The largest absolute Gasteiger partial charge is 0.444 e. The van der Waals surface area contributed by atoms with Crippen LogP contribution in [0, 0.1) is 22.7 Å². The summed E-state index contributed by atoms with van der Waals surface area (Å²) in [4.78, 5) is 46.5. The molecule has 0 N–H and O–H groups in total. The maximum atomic E-state index is 12.7. The molecule has 0 radical (unpaired) electrons. The first-order chi connectivity index (χ1) is 35.9. The highest BCUT2D eigenvalue weighted by atomic mass is 35.5. The Morgan fingerprint density at radius 1 is 0.658 bits per heavy atom. The third kappa shape index (κ3) is 10.4. The van der Waals surface area contributed by atoms with Crippen molar-refractivity contribution < 1.29 is 38.0 Å². The van der Waals surface area contributed by atoms with Crippen molar-refractivity contribution in [1.29, 1.82) is 0 Å². The molecule has 4 aromatic rings. The normalized spacial score (nSPS) is 30.8. The van der Waals surface area contributed by atoms with Crippen LogP contribution < -0.4 is 0 Å². The molecule has 2 spiro atoms. The average Bonchev–Trinajstić information content (AvgIpc) is 4.27. The summed E-state index contributed by atoms with van der Waals surface area (Å²) in [5, 5.41) is 2.66. The van der Waals surface area contributed by atoms with Gasteiger partial charge in [-0.2, -0.15) is 0 Å². The standard InChI is InChI=1S/2C29H39ClN4O4/c2*1-27(2,3)38-26(35)33-13-10-29(11-14-33)9-6-7-19(29)15-18-16-21(23-22(18)36-28(4,5)37-23)34-12-8-20-24(30)31-17-32-25(20)34/h8,12,15,17-18,21-23H,6-7,9-11,13-14,16H2,1-5H3;7-8,12,17-18,21-23H,6,9-11,13-16H2,1-5H3/b19-15+;/t2*18-,21+,22+,23-/m00/s1. The van der Waals surface area contributed by atoms with Gasteiger partial charge in [-0.3, -0.25) is 0 Å². The summed E-state index contributed by atoms with van der Waals surface area (Å²) in [6.45, 7) is 22.5. The molecule has 0 unspecified atom stereocenters. The van der Waals surface area contributed by atoms with Crippen molar-refractivity contribution in [3.63, 3.8) is 0 Å². The van der Waals surface area contributed by atoms with E-state index in [1.165, 1.54) is 25.5 Å². The predicted octanol–water partition coefficient (Wildman–Crippen LogP) is 12.6. The second-order valence-electron chi connectivity index (χ2n) is 25.9. The van der Waals surface area contributed by atoms with E-state index in [1.807, 2.05) is 91.2 Å². The Hall–Kier alpha value is -4.32. The molecule has 0 aromatic carbocycles. The van der Waals surface area contributed by atoms with Crippen LogP contribution in [0.2, 0.25) is 10.3 Å². The molecule has 4 saturated heterocycles. The monoisotopic (exact) mass is 1080 g/mol. The molecule has 8 heterocycles. The highest BCUT2D eigenvalue weighted by Gasteiger charge is 2.57. The van der Waals surface area contributed by atoms with Crippen molar-refractivity contribution in [2.75, 3.05) is 26.2 Å². The van der Waals surface area contributed by atoms with E-state index in [9.17, 15) is 9.59 Å². The molecule has 12 rings (SSSR count). The number of rotatable bonds is 5. The lowest BCUT2D eigenvalue weighted by Crippen LogP contribution is -2.45. The minimum Gasteiger partial charge on any atom is -0.444 e. The quantitative estimate of drug-likeness (QED) is 0.138. The number of amides is 2. The van der Waals surface area contributed by atoms with Gasteiger partial charge in [-0.15, -0.1) is 0 Å². The van der Waals surface area contributed by atoms with Crippen molar-refractivity contribution in [3.05, 3.63) is 70.8 Å². The molecule has 8 atom stereocenters. The molecule has 18 heteroatoms. The van der Waals surface area contributed by atoms with Crippen LogP contribution in [0.3, 0.4) is 0 Å². The summed E-state index contributed by atoms with van der Waals surface area (Å²) in [6.07, 6.45) is 24.2. The molecule has 7 fully saturated rings. The number of likely N-dealkylation sites (tertiary alicyclic amines) is 2. The number of aromatic nitrogens is 6. The van der Waals surface area contributed by atoms with Gasteiger partial charge in [-0.1, -0.05) is 46.5 Å². The van der Waals surface area contributed by atoms with Crippen LogP contribution in [0.15, 0.2) is 60.5 Å². The van der Waals surface area contributed by atoms with Gasteiger partial charge < -0.3 is 47.4 Å². The van der Waals surface area contributed by atoms with Crippen LogP contribution in [0.5, 0.6) is 0 Å². The van der Waals surface area contributed by atoms with E-state index in [2.05, 4.69) is 53.6 Å². The lowest BCUT2D eigenvalue weighted by atomic mass is 9.70. The van der Waals surface area contributed by atoms with E-state index >= 15 is 0 Å².